The van der Waals surface area contributed by atoms with Crippen molar-refractivity contribution in [1.29, 1.82) is 0 Å². The predicted octanol–water partition coefficient (Wildman–Crippen LogP) is 4.55. The van der Waals surface area contributed by atoms with Gasteiger partial charge in [-0.15, -0.1) is 0 Å². The topological polar surface area (TPSA) is 52.7 Å². The first-order valence-corrected chi connectivity index (χ1v) is 9.06. The van der Waals surface area contributed by atoms with Crippen LogP contribution in [0.4, 0.5) is 16.2 Å². The molecule has 2 aromatic rings. The zero-order valence-electron chi connectivity index (χ0n) is 14.3. The molecule has 136 valence electrons. The molecule has 1 N–H and O–H groups in total. The summed E-state index contributed by atoms with van der Waals surface area (Å²) in [6.07, 6.45) is 0. The zero-order valence-corrected chi connectivity index (χ0v) is 15.8. The van der Waals surface area contributed by atoms with E-state index in [0.29, 0.717) is 47.5 Å². The second kappa shape index (κ2) is 7.98. The van der Waals surface area contributed by atoms with E-state index in [2.05, 4.69) is 10.2 Å². The molecule has 7 heteroatoms. The Morgan fingerprint density at radius 2 is 1.58 bits per heavy atom. The van der Waals surface area contributed by atoms with Gasteiger partial charge in [0.25, 0.3) is 0 Å². The minimum absolute atomic E-state index is 0.00120. The van der Waals surface area contributed by atoms with E-state index in [1.807, 2.05) is 12.1 Å². The van der Waals surface area contributed by atoms with Gasteiger partial charge in [-0.25, -0.2) is 4.79 Å². The highest BCUT2D eigenvalue weighted by Crippen LogP contribution is 2.27. The summed E-state index contributed by atoms with van der Waals surface area (Å²) < 4.78 is 0. The Balaban J connectivity index is 1.56. The minimum atomic E-state index is -0.144. The number of nitrogens with zero attached hydrogens (tertiary/aromatic N) is 2. The minimum Gasteiger partial charge on any atom is -0.368 e. The Labute approximate surface area is 162 Å². The molecule has 0 unspecified atom stereocenters. The van der Waals surface area contributed by atoms with Gasteiger partial charge in [-0.1, -0.05) is 23.2 Å². The molecule has 3 rings (SSSR count). The van der Waals surface area contributed by atoms with E-state index in [4.69, 9.17) is 23.2 Å². The maximum atomic E-state index is 12.4. The van der Waals surface area contributed by atoms with Crippen molar-refractivity contribution in [1.82, 2.24) is 4.90 Å². The van der Waals surface area contributed by atoms with Crippen LogP contribution in [0.25, 0.3) is 0 Å². The zero-order chi connectivity index (χ0) is 18.7. The third-order valence-corrected chi connectivity index (χ3v) is 5.12. The lowest BCUT2D eigenvalue weighted by atomic mass is 10.1. The number of amides is 2. The molecule has 5 nitrogen and oxygen atoms in total. The first kappa shape index (κ1) is 18.5. The summed E-state index contributed by atoms with van der Waals surface area (Å²) >= 11 is 12.0. The van der Waals surface area contributed by atoms with Crippen LogP contribution in [0.3, 0.4) is 0 Å². The van der Waals surface area contributed by atoms with E-state index in [-0.39, 0.29) is 11.8 Å². The molecule has 1 aliphatic rings. The number of carbonyl (C=O) groups is 2. The van der Waals surface area contributed by atoms with E-state index >= 15 is 0 Å². The van der Waals surface area contributed by atoms with Crippen molar-refractivity contribution in [3.05, 3.63) is 58.1 Å². The number of anilines is 2. The number of nitrogens with one attached hydrogen (secondary N) is 1. The molecule has 1 saturated heterocycles. The molecule has 26 heavy (non-hydrogen) atoms. The average molecular weight is 392 g/mol. The van der Waals surface area contributed by atoms with Gasteiger partial charge in [0.2, 0.25) is 0 Å². The maximum absolute atomic E-state index is 12.4. The van der Waals surface area contributed by atoms with Crippen LogP contribution in [0.15, 0.2) is 42.5 Å². The summed E-state index contributed by atoms with van der Waals surface area (Å²) in [7, 11) is 0. The lowest BCUT2D eigenvalue weighted by molar-refractivity contribution is 0.101. The standard InChI is InChI=1S/C19H19Cl2N3O2/c1-13(25)14-2-4-15(5-3-14)22-19(26)24-10-8-23(9-11-24)16-6-7-17(20)18(21)12-16/h2-7,12H,8-11H2,1H3,(H,22,26). The quantitative estimate of drug-likeness (QED) is 0.780. The molecule has 1 heterocycles. The SMILES string of the molecule is CC(=O)c1ccc(NC(=O)N2CCN(c3ccc(Cl)c(Cl)c3)CC2)cc1. The molecule has 0 bridgehead atoms. The largest absolute Gasteiger partial charge is 0.368 e. The first-order chi connectivity index (χ1) is 12.4. The Hall–Kier alpha value is -2.24. The monoisotopic (exact) mass is 391 g/mol. The smallest absolute Gasteiger partial charge is 0.321 e. The number of carbonyl (C=O) groups excluding carboxylic acids is 2. The van der Waals surface area contributed by atoms with Crippen LogP contribution in [-0.4, -0.2) is 42.9 Å². The molecule has 0 radical (unpaired) electrons. The molecular formula is C19H19Cl2N3O2. The summed E-state index contributed by atoms with van der Waals surface area (Å²) in [6.45, 7) is 4.17. The summed E-state index contributed by atoms with van der Waals surface area (Å²) in [6, 6.07) is 12.3. The van der Waals surface area contributed by atoms with Crippen LogP contribution in [0, 0.1) is 0 Å². The number of Topliss-reactive ketones (excluding diaryl/α,β-unsaturated/α-hetero) is 1. The summed E-state index contributed by atoms with van der Waals surface area (Å²) in [5.74, 6) is 0.00120. The third-order valence-electron chi connectivity index (χ3n) is 4.38. The van der Waals surface area contributed by atoms with Crippen molar-refractivity contribution in [2.75, 3.05) is 36.4 Å². The van der Waals surface area contributed by atoms with E-state index in [9.17, 15) is 9.59 Å². The molecule has 0 aromatic heterocycles. The normalized spacial score (nSPS) is 14.3. The van der Waals surface area contributed by atoms with Crippen molar-refractivity contribution in [3.63, 3.8) is 0 Å². The summed E-state index contributed by atoms with van der Waals surface area (Å²) in [5.41, 5.74) is 2.30. The maximum Gasteiger partial charge on any atom is 0.321 e. The fraction of sp³-hybridized carbons (Fsp3) is 0.263. The molecule has 1 aliphatic heterocycles. The van der Waals surface area contributed by atoms with Gasteiger partial charge in [0.15, 0.2) is 5.78 Å². The van der Waals surface area contributed by atoms with E-state index in [1.54, 1.807) is 35.2 Å². The highest BCUT2D eigenvalue weighted by Gasteiger charge is 2.21. The number of halogens is 2. The Bertz CT molecular complexity index is 816. The number of rotatable bonds is 3. The lowest BCUT2D eigenvalue weighted by Gasteiger charge is -2.36. The average Bonchev–Trinajstić information content (AvgIpc) is 2.64. The Morgan fingerprint density at radius 3 is 2.15 bits per heavy atom. The highest BCUT2D eigenvalue weighted by molar-refractivity contribution is 6.42. The molecule has 0 atom stereocenters. The van der Waals surface area contributed by atoms with Gasteiger partial charge in [-0.05, 0) is 49.4 Å². The summed E-state index contributed by atoms with van der Waals surface area (Å²) in [4.78, 5) is 27.7. The molecule has 2 amide bonds. The van der Waals surface area contributed by atoms with Gasteiger partial charge >= 0.3 is 6.03 Å². The number of ketones is 1. The van der Waals surface area contributed by atoms with Crippen molar-refractivity contribution in [2.45, 2.75) is 6.92 Å². The van der Waals surface area contributed by atoms with Gasteiger partial charge in [-0.2, -0.15) is 0 Å². The van der Waals surface area contributed by atoms with Gasteiger partial charge in [0.1, 0.15) is 0 Å². The number of hydrogen-bond donors (Lipinski definition) is 1. The Morgan fingerprint density at radius 1 is 0.923 bits per heavy atom. The van der Waals surface area contributed by atoms with Crippen molar-refractivity contribution >= 4 is 46.4 Å². The molecule has 2 aromatic carbocycles. The molecule has 0 saturated carbocycles. The lowest BCUT2D eigenvalue weighted by Crippen LogP contribution is -2.50. The fourth-order valence-electron chi connectivity index (χ4n) is 2.84. The number of piperazine rings is 1. The van der Waals surface area contributed by atoms with Crippen molar-refractivity contribution in [2.24, 2.45) is 0 Å². The molecule has 0 aliphatic carbocycles. The van der Waals surface area contributed by atoms with Crippen LogP contribution in [0.5, 0.6) is 0 Å². The fourth-order valence-corrected chi connectivity index (χ4v) is 3.13. The van der Waals surface area contributed by atoms with Gasteiger partial charge in [-0.3, -0.25) is 4.79 Å². The van der Waals surface area contributed by atoms with Crippen molar-refractivity contribution < 1.29 is 9.59 Å². The van der Waals surface area contributed by atoms with E-state index in [0.717, 1.165) is 5.69 Å². The molecule has 1 fully saturated rings. The first-order valence-electron chi connectivity index (χ1n) is 8.31. The van der Waals surface area contributed by atoms with Gasteiger partial charge in [0.05, 0.1) is 10.0 Å². The van der Waals surface area contributed by atoms with Crippen LogP contribution in [0.1, 0.15) is 17.3 Å². The van der Waals surface area contributed by atoms with E-state index < -0.39 is 0 Å². The third kappa shape index (κ3) is 4.29. The van der Waals surface area contributed by atoms with Crippen LogP contribution in [-0.2, 0) is 0 Å². The van der Waals surface area contributed by atoms with Crippen LogP contribution in [0.2, 0.25) is 10.0 Å². The van der Waals surface area contributed by atoms with Gasteiger partial charge in [0, 0.05) is 43.1 Å². The van der Waals surface area contributed by atoms with Gasteiger partial charge < -0.3 is 15.1 Å². The number of hydrogen-bond acceptors (Lipinski definition) is 3. The Kier molecular flexibility index (Phi) is 5.69. The number of urea groups is 1. The summed E-state index contributed by atoms with van der Waals surface area (Å²) in [5, 5.41) is 3.93. The second-order valence-corrected chi connectivity index (χ2v) is 6.95. The highest BCUT2D eigenvalue weighted by atomic mass is 35.5. The number of benzene rings is 2. The molecule has 0 spiro atoms. The van der Waals surface area contributed by atoms with Crippen LogP contribution < -0.4 is 10.2 Å². The predicted molar refractivity (Wildman–Crippen MR) is 106 cm³/mol. The van der Waals surface area contributed by atoms with E-state index in [1.165, 1.54) is 6.92 Å². The van der Waals surface area contributed by atoms with Crippen molar-refractivity contribution in [3.8, 4) is 0 Å². The van der Waals surface area contributed by atoms with Crippen LogP contribution >= 0.6 is 23.2 Å². The molecular weight excluding hydrogens is 373 g/mol. The second-order valence-electron chi connectivity index (χ2n) is 6.14.